The molecule has 0 saturated carbocycles. The number of nitrogens with zero attached hydrogens (tertiary/aromatic N) is 2. The van der Waals surface area contributed by atoms with Crippen molar-refractivity contribution in [3.8, 4) is 0 Å². The van der Waals surface area contributed by atoms with Crippen molar-refractivity contribution in [3.05, 3.63) is 47.7 Å². The summed E-state index contributed by atoms with van der Waals surface area (Å²) in [7, 11) is 0. The Hall–Kier alpha value is -1.68. The van der Waals surface area contributed by atoms with E-state index in [0.29, 0.717) is 31.2 Å². The zero-order chi connectivity index (χ0) is 10.5. The van der Waals surface area contributed by atoms with Gasteiger partial charge >= 0.3 is 0 Å². The van der Waals surface area contributed by atoms with Crippen LogP contribution in [0.2, 0.25) is 0 Å². The van der Waals surface area contributed by atoms with Gasteiger partial charge < -0.3 is 10.2 Å². The highest BCUT2D eigenvalue weighted by molar-refractivity contribution is 5.17. The molecule has 0 atom stereocenters. The molecule has 4 nitrogen and oxygen atoms in total. The molecule has 2 aromatic rings. The van der Waals surface area contributed by atoms with E-state index in [-0.39, 0.29) is 0 Å². The highest BCUT2D eigenvalue weighted by Crippen LogP contribution is 2.08. The van der Waals surface area contributed by atoms with E-state index in [2.05, 4.69) is 10.2 Å². The summed E-state index contributed by atoms with van der Waals surface area (Å²) in [5.74, 6) is 1.26. The Labute approximate surface area is 88.1 Å². The zero-order valence-corrected chi connectivity index (χ0v) is 8.39. The topological polar surface area (TPSA) is 64.9 Å². The summed E-state index contributed by atoms with van der Waals surface area (Å²) >= 11 is 0. The third kappa shape index (κ3) is 2.63. The first-order chi connectivity index (χ1) is 7.38. The molecule has 4 heteroatoms. The molecular weight excluding hydrogens is 190 g/mol. The summed E-state index contributed by atoms with van der Waals surface area (Å²) in [6, 6.07) is 10.0. The van der Waals surface area contributed by atoms with E-state index < -0.39 is 0 Å². The first kappa shape index (κ1) is 9.86. The van der Waals surface area contributed by atoms with Crippen LogP contribution in [0.1, 0.15) is 17.3 Å². The average Bonchev–Trinajstić information content (AvgIpc) is 2.68. The zero-order valence-electron chi connectivity index (χ0n) is 8.39. The Morgan fingerprint density at radius 2 is 1.80 bits per heavy atom. The highest BCUT2D eigenvalue weighted by atomic mass is 16.4. The summed E-state index contributed by atoms with van der Waals surface area (Å²) in [5, 5.41) is 7.86. The second-order valence-electron chi connectivity index (χ2n) is 3.29. The van der Waals surface area contributed by atoms with Crippen LogP contribution in [-0.2, 0) is 12.8 Å². The maximum Gasteiger partial charge on any atom is 0.220 e. The number of rotatable bonds is 4. The molecule has 1 aromatic carbocycles. The van der Waals surface area contributed by atoms with Crippen LogP contribution >= 0.6 is 0 Å². The van der Waals surface area contributed by atoms with Gasteiger partial charge in [0.05, 0.1) is 6.42 Å². The van der Waals surface area contributed by atoms with Crippen LogP contribution in [0.4, 0.5) is 0 Å². The molecule has 1 heterocycles. The molecule has 0 amide bonds. The normalized spacial score (nSPS) is 10.5. The van der Waals surface area contributed by atoms with Crippen molar-refractivity contribution < 1.29 is 4.42 Å². The van der Waals surface area contributed by atoms with Crippen molar-refractivity contribution in [3.63, 3.8) is 0 Å². The maximum atomic E-state index is 5.43. The fourth-order valence-corrected chi connectivity index (χ4v) is 1.35. The van der Waals surface area contributed by atoms with E-state index in [1.165, 1.54) is 5.56 Å². The number of hydrogen-bond acceptors (Lipinski definition) is 4. The van der Waals surface area contributed by atoms with Gasteiger partial charge in [0, 0.05) is 13.0 Å². The Morgan fingerprint density at radius 3 is 2.53 bits per heavy atom. The molecule has 0 fully saturated rings. The summed E-state index contributed by atoms with van der Waals surface area (Å²) < 4.78 is 5.43. The van der Waals surface area contributed by atoms with Crippen LogP contribution in [0.5, 0.6) is 0 Å². The molecule has 0 spiro atoms. The minimum atomic E-state index is 0.535. The molecular formula is C11H13N3O. The predicted octanol–water partition coefficient (Wildman–Crippen LogP) is 1.16. The lowest BCUT2D eigenvalue weighted by atomic mass is 10.2. The van der Waals surface area contributed by atoms with Gasteiger partial charge in [0.1, 0.15) is 0 Å². The van der Waals surface area contributed by atoms with Crippen LogP contribution in [0.3, 0.4) is 0 Å². The number of hydrogen-bond donors (Lipinski definition) is 1. The Kier molecular flexibility index (Phi) is 3.09. The fourth-order valence-electron chi connectivity index (χ4n) is 1.35. The van der Waals surface area contributed by atoms with Crippen molar-refractivity contribution in [2.24, 2.45) is 5.73 Å². The van der Waals surface area contributed by atoms with Gasteiger partial charge in [0.25, 0.3) is 0 Å². The fraction of sp³-hybridized carbons (Fsp3) is 0.273. The molecule has 0 saturated heterocycles. The minimum Gasteiger partial charge on any atom is -0.425 e. The van der Waals surface area contributed by atoms with E-state index in [1.54, 1.807) is 0 Å². The van der Waals surface area contributed by atoms with Gasteiger partial charge in [-0.25, -0.2) is 0 Å². The highest BCUT2D eigenvalue weighted by Gasteiger charge is 2.05. The van der Waals surface area contributed by atoms with Crippen molar-refractivity contribution in [2.45, 2.75) is 12.8 Å². The van der Waals surface area contributed by atoms with Crippen molar-refractivity contribution in [1.82, 2.24) is 10.2 Å². The van der Waals surface area contributed by atoms with Gasteiger partial charge in [-0.05, 0) is 5.56 Å². The molecule has 15 heavy (non-hydrogen) atoms. The summed E-state index contributed by atoms with van der Waals surface area (Å²) in [6.45, 7) is 0.535. The van der Waals surface area contributed by atoms with Crippen LogP contribution in [0, 0.1) is 0 Å². The lowest BCUT2D eigenvalue weighted by molar-refractivity contribution is 0.458. The number of aromatic nitrogens is 2. The van der Waals surface area contributed by atoms with Crippen molar-refractivity contribution >= 4 is 0 Å². The van der Waals surface area contributed by atoms with Gasteiger partial charge in [0.2, 0.25) is 11.8 Å². The second kappa shape index (κ2) is 4.70. The van der Waals surface area contributed by atoms with E-state index in [0.717, 1.165) is 0 Å². The Bertz CT molecular complexity index is 411. The monoisotopic (exact) mass is 203 g/mol. The van der Waals surface area contributed by atoms with Crippen LogP contribution in [-0.4, -0.2) is 16.7 Å². The number of benzene rings is 1. The summed E-state index contributed by atoms with van der Waals surface area (Å²) in [6.07, 6.45) is 1.32. The van der Waals surface area contributed by atoms with E-state index in [4.69, 9.17) is 10.2 Å². The molecule has 0 bridgehead atoms. The first-order valence-corrected chi connectivity index (χ1v) is 4.94. The smallest absolute Gasteiger partial charge is 0.220 e. The molecule has 0 radical (unpaired) electrons. The molecule has 78 valence electrons. The van der Waals surface area contributed by atoms with Gasteiger partial charge in [-0.15, -0.1) is 10.2 Å². The number of nitrogens with two attached hydrogens (primary N) is 1. The van der Waals surface area contributed by atoms with Gasteiger partial charge in [-0.3, -0.25) is 0 Å². The second-order valence-corrected chi connectivity index (χ2v) is 3.29. The molecule has 2 N–H and O–H groups in total. The van der Waals surface area contributed by atoms with Gasteiger partial charge in [-0.2, -0.15) is 0 Å². The van der Waals surface area contributed by atoms with Crippen LogP contribution in [0.25, 0.3) is 0 Å². The molecule has 0 unspecified atom stereocenters. The van der Waals surface area contributed by atoms with E-state index in [9.17, 15) is 0 Å². The van der Waals surface area contributed by atoms with Crippen molar-refractivity contribution in [2.75, 3.05) is 6.54 Å². The standard InChI is InChI=1S/C11H13N3O/c12-7-6-10-13-14-11(15-10)8-9-4-2-1-3-5-9/h1-5H,6-8,12H2. The molecule has 2 rings (SSSR count). The molecule has 0 aliphatic carbocycles. The predicted molar refractivity (Wildman–Crippen MR) is 56.3 cm³/mol. The largest absolute Gasteiger partial charge is 0.425 e. The molecule has 0 aliphatic heterocycles. The quantitative estimate of drug-likeness (QED) is 0.809. The summed E-state index contributed by atoms with van der Waals surface area (Å²) in [5.41, 5.74) is 6.56. The van der Waals surface area contributed by atoms with Crippen LogP contribution in [0.15, 0.2) is 34.7 Å². The van der Waals surface area contributed by atoms with E-state index >= 15 is 0 Å². The molecule has 1 aromatic heterocycles. The minimum absolute atomic E-state index is 0.535. The summed E-state index contributed by atoms with van der Waals surface area (Å²) in [4.78, 5) is 0. The SMILES string of the molecule is NCCc1nnc(Cc2ccccc2)o1. The van der Waals surface area contributed by atoms with Gasteiger partial charge in [-0.1, -0.05) is 30.3 Å². The van der Waals surface area contributed by atoms with Crippen LogP contribution < -0.4 is 5.73 Å². The maximum absolute atomic E-state index is 5.43. The Balaban J connectivity index is 2.05. The third-order valence-corrected chi connectivity index (χ3v) is 2.07. The lowest BCUT2D eigenvalue weighted by Gasteiger charge is -1.94. The Morgan fingerprint density at radius 1 is 1.07 bits per heavy atom. The lowest BCUT2D eigenvalue weighted by Crippen LogP contribution is -2.02. The van der Waals surface area contributed by atoms with Gasteiger partial charge in [0.15, 0.2) is 0 Å². The van der Waals surface area contributed by atoms with E-state index in [1.807, 2.05) is 30.3 Å². The average molecular weight is 203 g/mol. The van der Waals surface area contributed by atoms with Crippen molar-refractivity contribution in [1.29, 1.82) is 0 Å². The third-order valence-electron chi connectivity index (χ3n) is 2.07. The first-order valence-electron chi connectivity index (χ1n) is 4.94. The molecule has 0 aliphatic rings.